The molecule has 1 unspecified atom stereocenters. The highest BCUT2D eigenvalue weighted by Crippen LogP contribution is 2.31. The molecule has 2 aromatic rings. The molecule has 1 fully saturated rings. The molecular weight excluding hydrogens is 330 g/mol. The second-order valence-corrected chi connectivity index (χ2v) is 7.08. The van der Waals surface area contributed by atoms with Crippen LogP contribution in [0.1, 0.15) is 35.9 Å². The van der Waals surface area contributed by atoms with E-state index in [-0.39, 0.29) is 11.9 Å². The van der Waals surface area contributed by atoms with E-state index in [9.17, 15) is 4.79 Å². The summed E-state index contributed by atoms with van der Waals surface area (Å²) in [6.07, 6.45) is 0.972. The van der Waals surface area contributed by atoms with E-state index in [0.29, 0.717) is 5.89 Å². The molecule has 1 N–H and O–H groups in total. The molecule has 1 aliphatic heterocycles. The number of aryl methyl sites for hydroxylation is 3. The second kappa shape index (κ2) is 7.50. The van der Waals surface area contributed by atoms with Gasteiger partial charge in [0.2, 0.25) is 11.8 Å². The van der Waals surface area contributed by atoms with Gasteiger partial charge in [-0.1, -0.05) is 0 Å². The Kier molecular flexibility index (Phi) is 5.32. The minimum atomic E-state index is 0.0297. The van der Waals surface area contributed by atoms with Crippen molar-refractivity contribution in [3.8, 4) is 17.2 Å². The Morgan fingerprint density at radius 1 is 1.35 bits per heavy atom. The van der Waals surface area contributed by atoms with Crippen molar-refractivity contribution in [3.63, 3.8) is 0 Å². The van der Waals surface area contributed by atoms with Crippen LogP contribution in [0.25, 0.3) is 11.5 Å². The van der Waals surface area contributed by atoms with E-state index in [0.717, 1.165) is 59.9 Å². The highest BCUT2D eigenvalue weighted by atomic mass is 16.5. The Morgan fingerprint density at radius 3 is 2.81 bits per heavy atom. The van der Waals surface area contributed by atoms with Crippen LogP contribution >= 0.6 is 0 Å². The zero-order valence-electron chi connectivity index (χ0n) is 16.2. The first-order valence-electron chi connectivity index (χ1n) is 8.98. The van der Waals surface area contributed by atoms with Gasteiger partial charge in [0.25, 0.3) is 0 Å². The average molecular weight is 357 g/mol. The van der Waals surface area contributed by atoms with E-state index < -0.39 is 0 Å². The number of benzene rings is 1. The van der Waals surface area contributed by atoms with Gasteiger partial charge in [0, 0.05) is 38.2 Å². The first kappa shape index (κ1) is 18.5. The Balaban J connectivity index is 1.76. The number of methoxy groups -OCH3 is 1. The summed E-state index contributed by atoms with van der Waals surface area (Å²) in [6, 6.07) is 4.31. The third kappa shape index (κ3) is 3.90. The zero-order chi connectivity index (χ0) is 18.8. The number of nitrogens with one attached hydrogen (secondary N) is 1. The molecule has 26 heavy (non-hydrogen) atoms. The van der Waals surface area contributed by atoms with Crippen molar-refractivity contribution < 1.29 is 13.9 Å². The normalized spacial score (nSPS) is 17.5. The second-order valence-electron chi connectivity index (χ2n) is 7.08. The molecule has 0 aliphatic carbocycles. The molecule has 1 atom stereocenters. The number of nitrogens with zero attached hydrogens (tertiary/aromatic N) is 2. The van der Waals surface area contributed by atoms with Crippen LogP contribution in [0.2, 0.25) is 0 Å². The number of rotatable bonds is 5. The lowest BCUT2D eigenvalue weighted by Crippen LogP contribution is -2.35. The highest BCUT2D eigenvalue weighted by molar-refractivity contribution is 5.73. The fourth-order valence-corrected chi connectivity index (χ4v) is 3.52. The van der Waals surface area contributed by atoms with Crippen molar-refractivity contribution in [2.24, 2.45) is 0 Å². The number of hydrogen-bond acceptors (Lipinski definition) is 5. The number of aromatic nitrogens is 1. The van der Waals surface area contributed by atoms with Gasteiger partial charge in [-0.05, 0) is 50.5 Å². The lowest BCUT2D eigenvalue weighted by molar-refractivity contribution is -0.119. The van der Waals surface area contributed by atoms with Crippen molar-refractivity contribution >= 4 is 5.91 Å². The van der Waals surface area contributed by atoms with Crippen molar-refractivity contribution in [1.82, 2.24) is 15.2 Å². The van der Waals surface area contributed by atoms with Gasteiger partial charge in [-0.3, -0.25) is 9.69 Å². The maximum Gasteiger partial charge on any atom is 0.226 e. The molecule has 3 rings (SSSR count). The third-order valence-electron chi connectivity index (χ3n) is 4.92. The molecule has 1 saturated heterocycles. The molecule has 0 bridgehead atoms. The van der Waals surface area contributed by atoms with Crippen LogP contribution in [0, 0.1) is 20.8 Å². The van der Waals surface area contributed by atoms with Crippen LogP contribution in [0.4, 0.5) is 0 Å². The summed E-state index contributed by atoms with van der Waals surface area (Å²) >= 11 is 0. The highest BCUT2D eigenvalue weighted by Gasteiger charge is 2.25. The number of ether oxygens (including phenoxy) is 1. The molecule has 0 radical (unpaired) electrons. The zero-order valence-corrected chi connectivity index (χ0v) is 16.2. The minimum absolute atomic E-state index is 0.0297. The van der Waals surface area contributed by atoms with E-state index in [2.05, 4.69) is 16.3 Å². The molecular formula is C20H27N3O3. The lowest BCUT2D eigenvalue weighted by Gasteiger charge is -2.15. The Hall–Kier alpha value is -2.34. The molecule has 2 heterocycles. The predicted octanol–water partition coefficient (Wildman–Crippen LogP) is 2.99. The van der Waals surface area contributed by atoms with Crippen molar-refractivity contribution in [2.75, 3.05) is 20.2 Å². The summed E-state index contributed by atoms with van der Waals surface area (Å²) in [5.74, 6) is 2.40. The summed E-state index contributed by atoms with van der Waals surface area (Å²) in [5.41, 5.74) is 4.09. The maximum absolute atomic E-state index is 11.2. The number of oxazole rings is 1. The van der Waals surface area contributed by atoms with Gasteiger partial charge in [0.05, 0.1) is 12.8 Å². The molecule has 1 aromatic heterocycles. The van der Waals surface area contributed by atoms with Gasteiger partial charge in [-0.2, -0.15) is 0 Å². The predicted molar refractivity (Wildman–Crippen MR) is 100 cm³/mol. The molecule has 6 nitrogen and oxygen atoms in total. The van der Waals surface area contributed by atoms with E-state index in [1.807, 2.05) is 26.8 Å². The number of carbonyl (C=O) groups is 1. The van der Waals surface area contributed by atoms with Crippen LogP contribution in [0.5, 0.6) is 5.75 Å². The van der Waals surface area contributed by atoms with Gasteiger partial charge >= 0.3 is 0 Å². The Morgan fingerprint density at radius 2 is 2.12 bits per heavy atom. The van der Waals surface area contributed by atoms with Crippen LogP contribution in [-0.2, 0) is 11.3 Å². The van der Waals surface area contributed by atoms with E-state index >= 15 is 0 Å². The maximum atomic E-state index is 11.2. The van der Waals surface area contributed by atoms with E-state index in [4.69, 9.17) is 14.1 Å². The van der Waals surface area contributed by atoms with Gasteiger partial charge in [0.1, 0.15) is 11.5 Å². The Bertz CT molecular complexity index is 813. The molecule has 1 aromatic carbocycles. The first-order valence-corrected chi connectivity index (χ1v) is 8.98. The number of likely N-dealkylation sites (tertiary alicyclic amines) is 1. The fourth-order valence-electron chi connectivity index (χ4n) is 3.52. The standard InChI is InChI=1S/C20H27N3O3/c1-12-9-19(25-5)13(2)8-17(12)20-22-18(14(3)26-20)11-23-7-6-16(10-23)21-15(4)24/h8-9,16H,6-7,10-11H2,1-5H3,(H,21,24). The van der Waals surface area contributed by atoms with Gasteiger partial charge in [-0.25, -0.2) is 4.98 Å². The quantitative estimate of drug-likeness (QED) is 0.891. The number of carbonyl (C=O) groups excluding carboxylic acids is 1. The average Bonchev–Trinajstić information content (AvgIpc) is 3.16. The van der Waals surface area contributed by atoms with E-state index in [1.54, 1.807) is 14.0 Å². The third-order valence-corrected chi connectivity index (χ3v) is 4.92. The van der Waals surface area contributed by atoms with Crippen molar-refractivity contribution in [2.45, 2.75) is 46.7 Å². The molecule has 1 amide bonds. The summed E-state index contributed by atoms with van der Waals surface area (Å²) in [6.45, 7) is 10.1. The van der Waals surface area contributed by atoms with E-state index in [1.165, 1.54) is 0 Å². The summed E-state index contributed by atoms with van der Waals surface area (Å²) in [7, 11) is 1.68. The Labute approximate surface area is 154 Å². The van der Waals surface area contributed by atoms with Gasteiger partial charge in [0.15, 0.2) is 0 Å². The minimum Gasteiger partial charge on any atom is -0.496 e. The summed E-state index contributed by atoms with van der Waals surface area (Å²) < 4.78 is 11.3. The molecule has 1 aliphatic rings. The van der Waals surface area contributed by atoms with Gasteiger partial charge < -0.3 is 14.5 Å². The first-order chi connectivity index (χ1) is 12.4. The van der Waals surface area contributed by atoms with Crippen LogP contribution < -0.4 is 10.1 Å². The van der Waals surface area contributed by atoms with Crippen molar-refractivity contribution in [1.29, 1.82) is 0 Å². The monoisotopic (exact) mass is 357 g/mol. The molecule has 140 valence electrons. The van der Waals surface area contributed by atoms with Crippen LogP contribution in [0.15, 0.2) is 16.5 Å². The number of hydrogen-bond donors (Lipinski definition) is 1. The van der Waals surface area contributed by atoms with Crippen molar-refractivity contribution in [3.05, 3.63) is 34.7 Å². The topological polar surface area (TPSA) is 67.6 Å². The molecule has 0 saturated carbocycles. The number of amides is 1. The van der Waals surface area contributed by atoms with Crippen LogP contribution in [0.3, 0.4) is 0 Å². The molecule has 0 spiro atoms. The van der Waals surface area contributed by atoms with Crippen LogP contribution in [-0.4, -0.2) is 42.0 Å². The molecule has 6 heteroatoms. The SMILES string of the molecule is COc1cc(C)c(-c2nc(CN3CCC(NC(C)=O)C3)c(C)o2)cc1C. The lowest BCUT2D eigenvalue weighted by atomic mass is 10.0. The van der Waals surface area contributed by atoms with Gasteiger partial charge in [-0.15, -0.1) is 0 Å². The largest absolute Gasteiger partial charge is 0.496 e. The fraction of sp³-hybridized carbons (Fsp3) is 0.500. The summed E-state index contributed by atoms with van der Waals surface area (Å²) in [5, 5.41) is 2.99. The smallest absolute Gasteiger partial charge is 0.226 e. The summed E-state index contributed by atoms with van der Waals surface area (Å²) in [4.78, 5) is 18.3.